The molecule has 66 valence electrons. The Balaban J connectivity index is 0.00000144. The van der Waals surface area contributed by atoms with Crippen LogP contribution in [-0.2, 0) is 27.7 Å². The van der Waals surface area contributed by atoms with E-state index in [0.29, 0.717) is 5.56 Å². The van der Waals surface area contributed by atoms with Gasteiger partial charge in [0.2, 0.25) is 0 Å². The van der Waals surface area contributed by atoms with Crippen molar-refractivity contribution in [2.24, 2.45) is 0 Å². The molecule has 0 aliphatic carbocycles. The van der Waals surface area contributed by atoms with Crippen molar-refractivity contribution < 1.29 is 37.6 Å². The van der Waals surface area contributed by atoms with E-state index < -0.39 is 5.97 Å². The summed E-state index contributed by atoms with van der Waals surface area (Å²) in [5.41, 5.74) is 3.15. The van der Waals surface area contributed by atoms with Crippen molar-refractivity contribution in [3.8, 4) is 0 Å². The van der Waals surface area contributed by atoms with Crippen LogP contribution in [0, 0.1) is 20.8 Å². The Kier molecular flexibility index (Phi) is 4.61. The zero-order valence-electron chi connectivity index (χ0n) is 8.22. The van der Waals surface area contributed by atoms with Gasteiger partial charge in [-0.25, -0.2) is 4.79 Å². The Labute approximate surface area is 98.5 Å². The summed E-state index contributed by atoms with van der Waals surface area (Å²) < 4.78 is 0. The van der Waals surface area contributed by atoms with Crippen molar-refractivity contribution in [1.82, 2.24) is 0 Å². The summed E-state index contributed by atoms with van der Waals surface area (Å²) in [6.07, 6.45) is 0. The van der Waals surface area contributed by atoms with Crippen LogP contribution in [0.4, 0.5) is 0 Å². The SMILES string of the molecule is Cc1ccc(C)c(C(=O)O)c1C.[Hg]. The summed E-state index contributed by atoms with van der Waals surface area (Å²) >= 11 is 0. The average molecular weight is 365 g/mol. The van der Waals surface area contributed by atoms with Crippen LogP contribution >= 0.6 is 0 Å². The molecule has 2 nitrogen and oxygen atoms in total. The Morgan fingerprint density at radius 1 is 1.15 bits per heavy atom. The Morgan fingerprint density at radius 3 is 2.00 bits per heavy atom. The number of benzene rings is 1. The van der Waals surface area contributed by atoms with Gasteiger partial charge in [-0.05, 0) is 37.5 Å². The summed E-state index contributed by atoms with van der Waals surface area (Å²) in [6, 6.07) is 3.78. The minimum atomic E-state index is -0.839. The minimum Gasteiger partial charge on any atom is -0.478 e. The molecule has 0 fully saturated rings. The molecule has 13 heavy (non-hydrogen) atoms. The topological polar surface area (TPSA) is 37.3 Å². The maximum absolute atomic E-state index is 10.8. The molecule has 0 heterocycles. The molecule has 1 aromatic carbocycles. The van der Waals surface area contributed by atoms with Crippen LogP contribution in [0.15, 0.2) is 12.1 Å². The fourth-order valence-electron chi connectivity index (χ4n) is 1.28. The number of carboxylic acids is 1. The molecule has 3 heteroatoms. The molecule has 0 atom stereocenters. The van der Waals surface area contributed by atoms with Crippen molar-refractivity contribution >= 4 is 5.97 Å². The maximum Gasteiger partial charge on any atom is 0.336 e. The summed E-state index contributed by atoms with van der Waals surface area (Å²) in [6.45, 7) is 5.57. The first-order valence-corrected chi connectivity index (χ1v) is 3.84. The van der Waals surface area contributed by atoms with Crippen LogP contribution in [-0.4, -0.2) is 11.1 Å². The third-order valence-electron chi connectivity index (χ3n) is 2.16. The van der Waals surface area contributed by atoms with Crippen molar-refractivity contribution in [3.05, 3.63) is 34.4 Å². The molecule has 0 aliphatic heterocycles. The van der Waals surface area contributed by atoms with E-state index in [2.05, 4.69) is 0 Å². The molecule has 0 aromatic heterocycles. The van der Waals surface area contributed by atoms with E-state index in [1.807, 2.05) is 32.9 Å². The van der Waals surface area contributed by atoms with Crippen molar-refractivity contribution in [2.75, 3.05) is 0 Å². The number of hydrogen-bond acceptors (Lipinski definition) is 1. The van der Waals surface area contributed by atoms with E-state index >= 15 is 0 Å². The van der Waals surface area contributed by atoms with Crippen LogP contribution in [0.5, 0.6) is 0 Å². The Bertz CT molecular complexity index is 332. The number of carboxylic acid groups (broad SMARTS) is 1. The van der Waals surface area contributed by atoms with Crippen LogP contribution in [0.2, 0.25) is 0 Å². The molecule has 0 spiro atoms. The van der Waals surface area contributed by atoms with E-state index in [9.17, 15) is 4.79 Å². The summed E-state index contributed by atoms with van der Waals surface area (Å²) in [7, 11) is 0. The van der Waals surface area contributed by atoms with Gasteiger partial charge in [-0.2, -0.15) is 0 Å². The molecule has 0 saturated heterocycles. The van der Waals surface area contributed by atoms with Gasteiger partial charge in [0.1, 0.15) is 0 Å². The first-order valence-electron chi connectivity index (χ1n) is 3.84. The molecule has 0 saturated carbocycles. The van der Waals surface area contributed by atoms with E-state index in [1.165, 1.54) is 0 Å². The number of aromatic carboxylic acids is 1. The molecule has 1 N–H and O–H groups in total. The first kappa shape index (κ1) is 12.6. The van der Waals surface area contributed by atoms with Crippen LogP contribution in [0.1, 0.15) is 27.0 Å². The number of hydrogen-bond donors (Lipinski definition) is 1. The fraction of sp³-hybridized carbons (Fsp3) is 0.300. The molecule has 0 bridgehead atoms. The van der Waals surface area contributed by atoms with Crippen LogP contribution in [0.25, 0.3) is 0 Å². The molecule has 0 amide bonds. The largest absolute Gasteiger partial charge is 0.478 e. The predicted molar refractivity (Wildman–Crippen MR) is 47.6 cm³/mol. The molecular formula is C10H12HgO2. The van der Waals surface area contributed by atoms with E-state index in [1.54, 1.807) is 0 Å². The second-order valence-electron chi connectivity index (χ2n) is 3.00. The third-order valence-corrected chi connectivity index (χ3v) is 2.16. The van der Waals surface area contributed by atoms with Gasteiger partial charge in [0.15, 0.2) is 0 Å². The second kappa shape index (κ2) is 4.75. The summed E-state index contributed by atoms with van der Waals surface area (Å²) in [4.78, 5) is 10.8. The van der Waals surface area contributed by atoms with Gasteiger partial charge in [-0.15, -0.1) is 0 Å². The molecule has 0 unspecified atom stereocenters. The maximum atomic E-state index is 10.8. The van der Waals surface area contributed by atoms with Gasteiger partial charge in [0.05, 0.1) is 5.56 Å². The van der Waals surface area contributed by atoms with Crippen molar-refractivity contribution in [1.29, 1.82) is 0 Å². The van der Waals surface area contributed by atoms with Gasteiger partial charge in [-0.1, -0.05) is 12.1 Å². The van der Waals surface area contributed by atoms with Gasteiger partial charge in [-0.3, -0.25) is 0 Å². The molecule has 0 radical (unpaired) electrons. The smallest absolute Gasteiger partial charge is 0.336 e. The van der Waals surface area contributed by atoms with Crippen molar-refractivity contribution in [3.63, 3.8) is 0 Å². The Hall–Kier alpha value is -0.375. The quantitative estimate of drug-likeness (QED) is 0.776. The number of carbonyl (C=O) groups is 1. The third kappa shape index (κ3) is 2.53. The van der Waals surface area contributed by atoms with Gasteiger partial charge in [0.25, 0.3) is 0 Å². The summed E-state index contributed by atoms with van der Waals surface area (Å²) in [5.74, 6) is -0.839. The number of rotatable bonds is 1. The van der Waals surface area contributed by atoms with E-state index in [0.717, 1.165) is 16.7 Å². The monoisotopic (exact) mass is 366 g/mol. The molecular weight excluding hydrogens is 353 g/mol. The standard InChI is InChI=1S/C10H12O2.Hg/c1-6-4-5-7(2)9(8(6)3)10(11)12;/h4-5H,1-3H3,(H,11,12);. The zero-order valence-corrected chi connectivity index (χ0v) is 13.7. The van der Waals surface area contributed by atoms with Gasteiger partial charge >= 0.3 is 5.97 Å². The van der Waals surface area contributed by atoms with Crippen LogP contribution < -0.4 is 0 Å². The normalized spacial score (nSPS) is 9.15. The van der Waals surface area contributed by atoms with E-state index in [4.69, 9.17) is 5.11 Å². The van der Waals surface area contributed by atoms with Gasteiger partial charge in [0, 0.05) is 27.7 Å². The summed E-state index contributed by atoms with van der Waals surface area (Å²) in [5, 5.41) is 8.87. The zero-order chi connectivity index (χ0) is 9.30. The predicted octanol–water partition coefficient (Wildman–Crippen LogP) is 2.31. The van der Waals surface area contributed by atoms with Crippen molar-refractivity contribution in [2.45, 2.75) is 20.8 Å². The Morgan fingerprint density at radius 2 is 1.62 bits per heavy atom. The average Bonchev–Trinajstić information content (AvgIpc) is 1.97. The van der Waals surface area contributed by atoms with Gasteiger partial charge < -0.3 is 5.11 Å². The van der Waals surface area contributed by atoms with Crippen LogP contribution in [0.3, 0.4) is 0 Å². The first-order chi connectivity index (χ1) is 5.54. The minimum absolute atomic E-state index is 0. The molecule has 1 rings (SSSR count). The fourth-order valence-corrected chi connectivity index (χ4v) is 1.28. The van der Waals surface area contributed by atoms with E-state index in [-0.39, 0.29) is 27.7 Å². The molecule has 1 aromatic rings. The number of aryl methyl sites for hydroxylation is 2. The molecule has 0 aliphatic rings. The second-order valence-corrected chi connectivity index (χ2v) is 3.00.